The van der Waals surface area contributed by atoms with Crippen molar-refractivity contribution in [2.75, 3.05) is 11.6 Å². The third-order valence-electron chi connectivity index (χ3n) is 3.24. The van der Waals surface area contributed by atoms with Crippen LogP contribution < -0.4 is 11.1 Å². The highest BCUT2D eigenvalue weighted by Crippen LogP contribution is 2.28. The summed E-state index contributed by atoms with van der Waals surface area (Å²) >= 11 is 1.80. The summed E-state index contributed by atoms with van der Waals surface area (Å²) < 4.78 is 0. The molecule has 0 aromatic heterocycles. The second kappa shape index (κ2) is 5.60. The van der Waals surface area contributed by atoms with Crippen molar-refractivity contribution in [2.24, 2.45) is 5.73 Å². The van der Waals surface area contributed by atoms with E-state index in [0.29, 0.717) is 12.1 Å². The van der Waals surface area contributed by atoms with Gasteiger partial charge in [-0.3, -0.25) is 0 Å². The Morgan fingerprint density at radius 2 is 1.88 bits per heavy atom. The Kier molecular flexibility index (Phi) is 4.13. The molecule has 0 unspecified atom stereocenters. The SMILES string of the molecule is CSc1ccccc1NC1CCC(N)CC1. The monoisotopic (exact) mass is 236 g/mol. The molecule has 1 fully saturated rings. The molecule has 2 rings (SSSR count). The number of thioether (sulfide) groups is 1. The number of anilines is 1. The molecule has 0 heterocycles. The molecular formula is C13H20N2S. The van der Waals surface area contributed by atoms with Crippen LogP contribution in [-0.4, -0.2) is 18.3 Å². The van der Waals surface area contributed by atoms with Crippen molar-refractivity contribution in [1.29, 1.82) is 0 Å². The minimum absolute atomic E-state index is 0.425. The smallest absolute Gasteiger partial charge is 0.0480 e. The van der Waals surface area contributed by atoms with E-state index in [4.69, 9.17) is 5.73 Å². The highest BCUT2D eigenvalue weighted by Gasteiger charge is 2.18. The molecule has 1 aromatic rings. The van der Waals surface area contributed by atoms with Gasteiger partial charge in [0, 0.05) is 22.7 Å². The molecule has 1 aliphatic carbocycles. The Hall–Kier alpha value is -0.670. The van der Waals surface area contributed by atoms with Gasteiger partial charge in [0.05, 0.1) is 0 Å². The van der Waals surface area contributed by atoms with E-state index in [9.17, 15) is 0 Å². The Morgan fingerprint density at radius 1 is 1.19 bits per heavy atom. The molecule has 0 amide bonds. The lowest BCUT2D eigenvalue weighted by Gasteiger charge is -2.28. The van der Waals surface area contributed by atoms with Gasteiger partial charge in [-0.2, -0.15) is 0 Å². The summed E-state index contributed by atoms with van der Waals surface area (Å²) in [6, 6.07) is 9.55. The summed E-state index contributed by atoms with van der Waals surface area (Å²) in [6.07, 6.45) is 6.82. The van der Waals surface area contributed by atoms with Gasteiger partial charge < -0.3 is 11.1 Å². The first kappa shape index (κ1) is 11.8. The van der Waals surface area contributed by atoms with Gasteiger partial charge in [0.15, 0.2) is 0 Å². The second-order valence-electron chi connectivity index (χ2n) is 4.46. The standard InChI is InChI=1S/C13H20N2S/c1-16-13-5-3-2-4-12(13)15-11-8-6-10(14)7-9-11/h2-5,10-11,15H,6-9,14H2,1H3. The van der Waals surface area contributed by atoms with Crippen LogP contribution in [0.25, 0.3) is 0 Å². The lowest BCUT2D eigenvalue weighted by Crippen LogP contribution is -2.32. The maximum absolute atomic E-state index is 5.91. The van der Waals surface area contributed by atoms with Crippen molar-refractivity contribution in [3.63, 3.8) is 0 Å². The van der Waals surface area contributed by atoms with E-state index < -0.39 is 0 Å². The van der Waals surface area contributed by atoms with Crippen molar-refractivity contribution in [2.45, 2.75) is 42.7 Å². The molecule has 0 saturated heterocycles. The molecule has 1 saturated carbocycles. The van der Waals surface area contributed by atoms with E-state index in [-0.39, 0.29) is 0 Å². The average molecular weight is 236 g/mol. The van der Waals surface area contributed by atoms with E-state index in [0.717, 1.165) is 12.8 Å². The zero-order valence-corrected chi connectivity index (χ0v) is 10.6. The highest BCUT2D eigenvalue weighted by atomic mass is 32.2. The zero-order chi connectivity index (χ0) is 11.4. The molecule has 0 radical (unpaired) electrons. The summed E-state index contributed by atoms with van der Waals surface area (Å²) in [5, 5.41) is 3.64. The third kappa shape index (κ3) is 2.92. The molecule has 0 atom stereocenters. The van der Waals surface area contributed by atoms with E-state index in [1.807, 2.05) is 0 Å². The predicted octanol–water partition coefficient (Wildman–Crippen LogP) is 3.09. The largest absolute Gasteiger partial charge is 0.381 e. The lowest BCUT2D eigenvalue weighted by atomic mass is 9.92. The van der Waals surface area contributed by atoms with Crippen molar-refractivity contribution < 1.29 is 0 Å². The van der Waals surface area contributed by atoms with Crippen molar-refractivity contribution >= 4 is 17.4 Å². The summed E-state index contributed by atoms with van der Waals surface area (Å²) in [5.74, 6) is 0. The molecule has 2 nitrogen and oxygen atoms in total. The normalized spacial score (nSPS) is 25.4. The Bertz CT molecular complexity index is 332. The van der Waals surface area contributed by atoms with Gasteiger partial charge in [-0.05, 0) is 44.1 Å². The number of benzene rings is 1. The molecule has 16 heavy (non-hydrogen) atoms. The van der Waals surface area contributed by atoms with Crippen LogP contribution in [0.4, 0.5) is 5.69 Å². The topological polar surface area (TPSA) is 38.0 Å². The van der Waals surface area contributed by atoms with Gasteiger partial charge in [0.2, 0.25) is 0 Å². The minimum Gasteiger partial charge on any atom is -0.381 e. The van der Waals surface area contributed by atoms with E-state index >= 15 is 0 Å². The first-order chi connectivity index (χ1) is 7.79. The quantitative estimate of drug-likeness (QED) is 0.792. The van der Waals surface area contributed by atoms with Crippen LogP contribution in [0.2, 0.25) is 0 Å². The first-order valence-electron chi connectivity index (χ1n) is 5.94. The lowest BCUT2D eigenvalue weighted by molar-refractivity contribution is 0.411. The summed E-state index contributed by atoms with van der Waals surface area (Å²) in [4.78, 5) is 1.33. The van der Waals surface area contributed by atoms with Gasteiger partial charge in [-0.25, -0.2) is 0 Å². The van der Waals surface area contributed by atoms with Gasteiger partial charge in [-0.15, -0.1) is 11.8 Å². The Labute approximate surface area is 102 Å². The molecule has 0 aliphatic heterocycles. The van der Waals surface area contributed by atoms with Crippen LogP contribution in [0, 0.1) is 0 Å². The number of para-hydroxylation sites is 1. The summed E-state index contributed by atoms with van der Waals surface area (Å²) in [6.45, 7) is 0. The van der Waals surface area contributed by atoms with E-state index in [1.54, 1.807) is 11.8 Å². The highest BCUT2D eigenvalue weighted by molar-refractivity contribution is 7.98. The summed E-state index contributed by atoms with van der Waals surface area (Å²) in [5.41, 5.74) is 7.19. The molecule has 0 bridgehead atoms. The maximum Gasteiger partial charge on any atom is 0.0480 e. The maximum atomic E-state index is 5.91. The van der Waals surface area contributed by atoms with E-state index in [2.05, 4.69) is 35.8 Å². The molecule has 0 spiro atoms. The molecule has 1 aliphatic rings. The third-order valence-corrected chi connectivity index (χ3v) is 4.03. The second-order valence-corrected chi connectivity index (χ2v) is 5.30. The van der Waals surface area contributed by atoms with Crippen molar-refractivity contribution in [1.82, 2.24) is 0 Å². The van der Waals surface area contributed by atoms with Crippen LogP contribution in [-0.2, 0) is 0 Å². The molecule has 88 valence electrons. The fraction of sp³-hybridized carbons (Fsp3) is 0.538. The molecular weight excluding hydrogens is 216 g/mol. The number of hydrogen-bond donors (Lipinski definition) is 2. The van der Waals surface area contributed by atoms with Crippen LogP contribution in [0.1, 0.15) is 25.7 Å². The van der Waals surface area contributed by atoms with Gasteiger partial charge in [-0.1, -0.05) is 12.1 Å². The van der Waals surface area contributed by atoms with Crippen LogP contribution in [0.15, 0.2) is 29.2 Å². The van der Waals surface area contributed by atoms with Gasteiger partial charge in [0.25, 0.3) is 0 Å². The fourth-order valence-electron chi connectivity index (χ4n) is 2.25. The van der Waals surface area contributed by atoms with Crippen LogP contribution in [0.3, 0.4) is 0 Å². The number of hydrogen-bond acceptors (Lipinski definition) is 3. The Morgan fingerprint density at radius 3 is 2.56 bits per heavy atom. The summed E-state index contributed by atoms with van der Waals surface area (Å²) in [7, 11) is 0. The van der Waals surface area contributed by atoms with Crippen LogP contribution >= 0.6 is 11.8 Å². The minimum atomic E-state index is 0.425. The van der Waals surface area contributed by atoms with Gasteiger partial charge in [0.1, 0.15) is 0 Å². The van der Waals surface area contributed by atoms with Crippen molar-refractivity contribution in [3.05, 3.63) is 24.3 Å². The molecule has 3 heteroatoms. The van der Waals surface area contributed by atoms with Crippen LogP contribution in [0.5, 0.6) is 0 Å². The van der Waals surface area contributed by atoms with E-state index in [1.165, 1.54) is 23.4 Å². The molecule has 1 aromatic carbocycles. The zero-order valence-electron chi connectivity index (χ0n) is 9.78. The number of nitrogens with two attached hydrogens (primary N) is 1. The number of rotatable bonds is 3. The number of nitrogens with one attached hydrogen (secondary N) is 1. The predicted molar refractivity (Wildman–Crippen MR) is 72.1 cm³/mol. The Balaban J connectivity index is 1.98. The molecule has 3 N–H and O–H groups in total. The average Bonchev–Trinajstić information content (AvgIpc) is 2.33. The van der Waals surface area contributed by atoms with Gasteiger partial charge >= 0.3 is 0 Å². The first-order valence-corrected chi connectivity index (χ1v) is 7.17. The van der Waals surface area contributed by atoms with Crippen molar-refractivity contribution in [3.8, 4) is 0 Å². The fourth-order valence-corrected chi connectivity index (χ4v) is 2.81.